The first-order valence-corrected chi connectivity index (χ1v) is 6.45. The molecule has 0 saturated heterocycles. The molecule has 1 aromatic carbocycles. The Hall–Kier alpha value is -1.68. The van der Waals surface area contributed by atoms with Gasteiger partial charge in [-0.1, -0.05) is 24.3 Å². The van der Waals surface area contributed by atoms with Gasteiger partial charge < -0.3 is 10.1 Å². The molecular formula is C14H17N3O. The van der Waals surface area contributed by atoms with Gasteiger partial charge in [-0.25, -0.2) is 0 Å². The molecule has 18 heavy (non-hydrogen) atoms. The number of nitrogens with zero attached hydrogens (tertiary/aromatic N) is 2. The highest BCUT2D eigenvalue weighted by atomic mass is 16.5. The lowest BCUT2D eigenvalue weighted by molar-refractivity contribution is 0.00294. The summed E-state index contributed by atoms with van der Waals surface area (Å²) in [5, 5.41) is 13.9. The lowest BCUT2D eigenvalue weighted by Gasteiger charge is -2.35. The van der Waals surface area contributed by atoms with E-state index in [4.69, 9.17) is 4.74 Å². The molecule has 3 rings (SSSR count). The molecule has 4 heteroatoms. The van der Waals surface area contributed by atoms with Gasteiger partial charge in [0.2, 0.25) is 0 Å². The fraction of sp³-hybridized carbons (Fsp3) is 0.429. The molecule has 0 amide bonds. The average molecular weight is 243 g/mol. The smallest absolute Gasteiger partial charge is 0.156 e. The Balaban J connectivity index is 1.72. The van der Waals surface area contributed by atoms with Crippen molar-refractivity contribution in [2.75, 3.05) is 11.9 Å². The molecule has 0 radical (unpaired) electrons. The molecule has 0 spiro atoms. The van der Waals surface area contributed by atoms with Crippen molar-refractivity contribution in [2.45, 2.75) is 31.9 Å². The number of ether oxygens (including phenoxy) is 1. The van der Waals surface area contributed by atoms with E-state index in [1.165, 1.54) is 0 Å². The molecule has 1 heterocycles. The van der Waals surface area contributed by atoms with Crippen LogP contribution in [0.2, 0.25) is 0 Å². The van der Waals surface area contributed by atoms with Crippen LogP contribution in [0.1, 0.15) is 19.8 Å². The number of fused-ring (bicyclic) bond motifs is 1. The zero-order valence-electron chi connectivity index (χ0n) is 10.5. The number of hydrogen-bond donors (Lipinski definition) is 1. The van der Waals surface area contributed by atoms with Gasteiger partial charge in [0.15, 0.2) is 5.82 Å². The molecule has 4 nitrogen and oxygen atoms in total. The van der Waals surface area contributed by atoms with Gasteiger partial charge in [0, 0.05) is 23.4 Å². The zero-order chi connectivity index (χ0) is 12.4. The Morgan fingerprint density at radius 1 is 1.33 bits per heavy atom. The third kappa shape index (κ3) is 2.16. The summed E-state index contributed by atoms with van der Waals surface area (Å²) in [5.41, 5.74) is 0. The Morgan fingerprint density at radius 2 is 2.17 bits per heavy atom. The maximum atomic E-state index is 5.56. The molecule has 1 aliphatic carbocycles. The Labute approximate surface area is 106 Å². The van der Waals surface area contributed by atoms with Crippen molar-refractivity contribution in [3.05, 3.63) is 30.5 Å². The van der Waals surface area contributed by atoms with E-state index in [9.17, 15) is 0 Å². The summed E-state index contributed by atoms with van der Waals surface area (Å²) < 4.78 is 5.56. The van der Waals surface area contributed by atoms with Crippen LogP contribution in [-0.4, -0.2) is 29.0 Å². The van der Waals surface area contributed by atoms with Crippen molar-refractivity contribution >= 4 is 16.6 Å². The summed E-state index contributed by atoms with van der Waals surface area (Å²) >= 11 is 0. The normalized spacial score (nSPS) is 22.7. The molecule has 94 valence electrons. The molecular weight excluding hydrogens is 226 g/mol. The zero-order valence-corrected chi connectivity index (χ0v) is 10.5. The minimum absolute atomic E-state index is 0.412. The highest BCUT2D eigenvalue weighted by molar-refractivity contribution is 5.90. The molecule has 0 aliphatic heterocycles. The van der Waals surface area contributed by atoms with E-state index in [0.29, 0.717) is 12.1 Å². The first-order valence-electron chi connectivity index (χ1n) is 6.45. The predicted molar refractivity (Wildman–Crippen MR) is 71.6 cm³/mol. The number of hydrogen-bond acceptors (Lipinski definition) is 4. The van der Waals surface area contributed by atoms with Crippen molar-refractivity contribution < 1.29 is 4.74 Å². The molecule has 2 aromatic rings. The fourth-order valence-corrected chi connectivity index (χ4v) is 2.38. The minimum Gasteiger partial charge on any atom is -0.378 e. The summed E-state index contributed by atoms with van der Waals surface area (Å²) in [7, 11) is 0. The van der Waals surface area contributed by atoms with Crippen LogP contribution in [-0.2, 0) is 4.74 Å². The molecule has 1 saturated carbocycles. The van der Waals surface area contributed by atoms with Crippen molar-refractivity contribution in [1.29, 1.82) is 0 Å². The van der Waals surface area contributed by atoms with Crippen molar-refractivity contribution in [3.8, 4) is 0 Å². The van der Waals surface area contributed by atoms with Crippen LogP contribution in [0.25, 0.3) is 10.8 Å². The summed E-state index contributed by atoms with van der Waals surface area (Å²) in [6.07, 6.45) is 4.32. The van der Waals surface area contributed by atoms with Crippen LogP contribution >= 0.6 is 0 Å². The first kappa shape index (κ1) is 11.4. The van der Waals surface area contributed by atoms with E-state index >= 15 is 0 Å². The molecule has 0 atom stereocenters. The molecule has 1 N–H and O–H groups in total. The van der Waals surface area contributed by atoms with Gasteiger partial charge in [0.05, 0.1) is 12.3 Å². The van der Waals surface area contributed by atoms with E-state index in [2.05, 4.69) is 27.6 Å². The highest BCUT2D eigenvalue weighted by Gasteiger charge is 2.29. The molecule has 1 aromatic heterocycles. The number of rotatable bonds is 4. The van der Waals surface area contributed by atoms with Crippen LogP contribution in [0.4, 0.5) is 5.82 Å². The summed E-state index contributed by atoms with van der Waals surface area (Å²) in [5.74, 6) is 0.882. The molecule has 1 fully saturated rings. The second-order valence-electron chi connectivity index (χ2n) is 4.67. The number of nitrogens with one attached hydrogen (secondary N) is 1. The van der Waals surface area contributed by atoms with Crippen molar-refractivity contribution in [1.82, 2.24) is 10.2 Å². The van der Waals surface area contributed by atoms with Gasteiger partial charge in [0.1, 0.15) is 0 Å². The van der Waals surface area contributed by atoms with E-state index in [1.54, 1.807) is 6.20 Å². The van der Waals surface area contributed by atoms with Crippen molar-refractivity contribution in [3.63, 3.8) is 0 Å². The highest BCUT2D eigenvalue weighted by Crippen LogP contribution is 2.28. The Morgan fingerprint density at radius 3 is 3.00 bits per heavy atom. The van der Waals surface area contributed by atoms with Gasteiger partial charge in [-0.3, -0.25) is 0 Å². The fourth-order valence-electron chi connectivity index (χ4n) is 2.38. The number of aromatic nitrogens is 2. The topological polar surface area (TPSA) is 47.0 Å². The van der Waals surface area contributed by atoms with E-state index < -0.39 is 0 Å². The molecule has 0 unspecified atom stereocenters. The van der Waals surface area contributed by atoms with Crippen LogP contribution in [0.15, 0.2) is 30.5 Å². The largest absolute Gasteiger partial charge is 0.378 e. The number of anilines is 1. The van der Waals surface area contributed by atoms with Crippen molar-refractivity contribution in [2.24, 2.45) is 0 Å². The Bertz CT molecular complexity index is 532. The standard InChI is InChI=1S/C14H17N3O/c1-2-18-12-7-11(8-12)16-14-13-6-4-3-5-10(13)9-15-17-14/h3-6,9,11-12H,2,7-8H2,1H3,(H,16,17). The predicted octanol–water partition coefficient (Wildman–Crippen LogP) is 2.61. The summed E-state index contributed by atoms with van der Waals surface area (Å²) in [6.45, 7) is 2.84. The van der Waals surface area contributed by atoms with Gasteiger partial charge in [-0.05, 0) is 19.8 Å². The quantitative estimate of drug-likeness (QED) is 0.896. The van der Waals surface area contributed by atoms with Crippen LogP contribution < -0.4 is 5.32 Å². The lowest BCUT2D eigenvalue weighted by atomic mass is 9.89. The average Bonchev–Trinajstić information content (AvgIpc) is 2.37. The summed E-state index contributed by atoms with van der Waals surface area (Å²) in [4.78, 5) is 0. The number of benzene rings is 1. The van der Waals surface area contributed by atoms with Gasteiger partial charge in [0.25, 0.3) is 0 Å². The third-order valence-corrected chi connectivity index (χ3v) is 3.41. The van der Waals surface area contributed by atoms with Gasteiger partial charge in [-0.15, -0.1) is 5.10 Å². The lowest BCUT2D eigenvalue weighted by Crippen LogP contribution is -2.41. The third-order valence-electron chi connectivity index (χ3n) is 3.41. The first-order chi connectivity index (χ1) is 8.86. The van der Waals surface area contributed by atoms with Crippen LogP contribution in [0.3, 0.4) is 0 Å². The summed E-state index contributed by atoms with van der Waals surface area (Å²) in [6, 6.07) is 8.63. The van der Waals surface area contributed by atoms with Gasteiger partial charge >= 0.3 is 0 Å². The SMILES string of the molecule is CCOC1CC(Nc2nncc3ccccc23)C1. The second kappa shape index (κ2) is 4.90. The van der Waals surface area contributed by atoms with Crippen LogP contribution in [0.5, 0.6) is 0 Å². The maximum Gasteiger partial charge on any atom is 0.156 e. The molecule has 0 bridgehead atoms. The van der Waals surface area contributed by atoms with E-state index in [0.717, 1.165) is 36.0 Å². The monoisotopic (exact) mass is 243 g/mol. The minimum atomic E-state index is 0.412. The van der Waals surface area contributed by atoms with E-state index in [1.807, 2.05) is 19.1 Å². The molecule has 1 aliphatic rings. The Kier molecular flexibility index (Phi) is 3.11. The maximum absolute atomic E-state index is 5.56. The second-order valence-corrected chi connectivity index (χ2v) is 4.67. The van der Waals surface area contributed by atoms with Gasteiger partial charge in [-0.2, -0.15) is 5.10 Å². The van der Waals surface area contributed by atoms with E-state index in [-0.39, 0.29) is 0 Å². The van der Waals surface area contributed by atoms with Crippen LogP contribution in [0, 0.1) is 0 Å².